The molecule has 1 saturated heterocycles. The van der Waals surface area contributed by atoms with Crippen molar-refractivity contribution in [2.45, 2.75) is 11.8 Å². The largest absolute Gasteiger partial charge is 0.306 e. The van der Waals surface area contributed by atoms with Crippen molar-refractivity contribution in [3.8, 4) is 0 Å². The maximum absolute atomic E-state index is 10.9. The van der Waals surface area contributed by atoms with Gasteiger partial charge in [-0.2, -0.15) is 0 Å². The number of fused-ring (bicyclic) bond motifs is 1. The van der Waals surface area contributed by atoms with Gasteiger partial charge < -0.3 is 4.90 Å². The van der Waals surface area contributed by atoms with Crippen LogP contribution in [0.5, 0.6) is 0 Å². The topological polar surface area (TPSA) is 20.3 Å². The summed E-state index contributed by atoms with van der Waals surface area (Å²) in [5, 5.41) is 2.05. The summed E-state index contributed by atoms with van der Waals surface area (Å²) < 4.78 is 0. The number of hydrogen-bond acceptors (Lipinski definition) is 3. The first-order chi connectivity index (χ1) is 5.31. The van der Waals surface area contributed by atoms with Crippen LogP contribution in [0, 0.1) is 0 Å². The lowest BCUT2D eigenvalue weighted by Gasteiger charge is -2.40. The van der Waals surface area contributed by atoms with Gasteiger partial charge in [0.15, 0.2) is 0 Å². The Morgan fingerprint density at radius 2 is 2.64 bits per heavy atom. The molecule has 0 bridgehead atoms. The van der Waals surface area contributed by atoms with E-state index in [1.165, 1.54) is 0 Å². The number of amides is 1. The van der Waals surface area contributed by atoms with Crippen molar-refractivity contribution in [2.75, 3.05) is 5.75 Å². The molecule has 58 valence electrons. The van der Waals surface area contributed by atoms with Crippen molar-refractivity contribution < 1.29 is 4.79 Å². The average molecular weight is 185 g/mol. The van der Waals surface area contributed by atoms with Crippen LogP contribution in [0.15, 0.2) is 11.8 Å². The molecule has 1 fully saturated rings. The van der Waals surface area contributed by atoms with Gasteiger partial charge >= 0.3 is 0 Å². The number of thioether (sulfide) groups is 1. The van der Waals surface area contributed by atoms with Crippen molar-refractivity contribution in [3.05, 3.63) is 11.8 Å². The molecule has 4 heteroatoms. The number of thiocarbonyl (C=S) groups is 1. The maximum Gasteiger partial charge on any atom is 0.230 e. The lowest BCUT2D eigenvalue weighted by molar-refractivity contribution is -0.137. The molecule has 2 heterocycles. The minimum Gasteiger partial charge on any atom is -0.306 e. The molecule has 0 aromatic heterocycles. The van der Waals surface area contributed by atoms with Crippen LogP contribution in [0.2, 0.25) is 0 Å². The molecular weight excluding hydrogens is 178 g/mol. The fourth-order valence-electron chi connectivity index (χ4n) is 1.17. The normalized spacial score (nSPS) is 28.7. The third-order valence-corrected chi connectivity index (χ3v) is 3.43. The van der Waals surface area contributed by atoms with E-state index in [0.29, 0.717) is 11.8 Å². The molecule has 2 nitrogen and oxygen atoms in total. The quantitative estimate of drug-likeness (QED) is 0.452. The lowest BCUT2D eigenvalue weighted by Crippen LogP contribution is -2.49. The molecule has 0 N–H and O–H groups in total. The average Bonchev–Trinajstić information content (AvgIpc) is 2.03. The molecule has 0 radical (unpaired) electrons. The molecule has 2 aliphatic rings. The molecule has 11 heavy (non-hydrogen) atoms. The zero-order valence-corrected chi connectivity index (χ0v) is 7.45. The van der Waals surface area contributed by atoms with Gasteiger partial charge in [0.05, 0.1) is 11.8 Å². The van der Waals surface area contributed by atoms with Gasteiger partial charge in [0.1, 0.15) is 0 Å². The van der Waals surface area contributed by atoms with Gasteiger partial charge in [0, 0.05) is 17.3 Å². The number of hydrogen-bond donors (Lipinski definition) is 0. The number of nitrogens with zero attached hydrogens (tertiary/aromatic N) is 1. The Labute approximate surface area is 74.6 Å². The summed E-state index contributed by atoms with van der Waals surface area (Å²) in [5.74, 6) is 1.18. The fraction of sp³-hybridized carbons (Fsp3) is 0.429. The highest BCUT2D eigenvalue weighted by Crippen LogP contribution is 2.34. The maximum atomic E-state index is 10.9. The van der Waals surface area contributed by atoms with E-state index in [4.69, 9.17) is 12.2 Å². The Kier molecular flexibility index (Phi) is 1.73. The van der Waals surface area contributed by atoms with E-state index in [0.717, 1.165) is 11.3 Å². The molecule has 0 aromatic rings. The van der Waals surface area contributed by atoms with Crippen LogP contribution >= 0.6 is 24.0 Å². The van der Waals surface area contributed by atoms with Gasteiger partial charge in [-0.1, -0.05) is 12.2 Å². The molecule has 0 saturated carbocycles. The second-order valence-corrected chi connectivity index (χ2v) is 3.99. The highest BCUT2D eigenvalue weighted by molar-refractivity contribution is 8.00. The van der Waals surface area contributed by atoms with Crippen LogP contribution in [-0.2, 0) is 4.79 Å². The van der Waals surface area contributed by atoms with Crippen LogP contribution in [0.25, 0.3) is 0 Å². The Hall–Kier alpha value is -0.350. The van der Waals surface area contributed by atoms with Crippen LogP contribution in [0.3, 0.4) is 0 Å². The van der Waals surface area contributed by atoms with Crippen LogP contribution in [0.4, 0.5) is 0 Å². The minimum atomic E-state index is 0.219. The summed E-state index contributed by atoms with van der Waals surface area (Å²) in [4.78, 5) is 12.7. The van der Waals surface area contributed by atoms with Gasteiger partial charge in [0.25, 0.3) is 0 Å². The van der Waals surface area contributed by atoms with E-state index >= 15 is 0 Å². The molecule has 1 amide bonds. The van der Waals surface area contributed by atoms with Crippen molar-refractivity contribution in [3.63, 3.8) is 0 Å². The number of rotatable bonds is 1. The van der Waals surface area contributed by atoms with E-state index in [1.54, 1.807) is 22.0 Å². The van der Waals surface area contributed by atoms with E-state index in [2.05, 4.69) is 0 Å². The van der Waals surface area contributed by atoms with Crippen LogP contribution in [0.1, 0.15) is 6.42 Å². The lowest BCUT2D eigenvalue weighted by atomic mass is 10.2. The first kappa shape index (κ1) is 7.31. The van der Waals surface area contributed by atoms with Gasteiger partial charge in [-0.05, 0) is 5.57 Å². The molecule has 2 aliphatic heterocycles. The Morgan fingerprint density at radius 1 is 1.82 bits per heavy atom. The second kappa shape index (κ2) is 2.60. The standard InChI is InChI=1S/C7H7NOS2/c9-6-1-7-8(6)2-5(3-10)4-11-7/h2-3,7H,1,4H2/t7-/m0/s1. The molecule has 0 unspecified atom stereocenters. The van der Waals surface area contributed by atoms with Crippen molar-refractivity contribution in [2.24, 2.45) is 0 Å². The predicted octanol–water partition coefficient (Wildman–Crippen LogP) is 1.18. The molecule has 0 aromatic carbocycles. The zero-order chi connectivity index (χ0) is 7.84. The van der Waals surface area contributed by atoms with Crippen molar-refractivity contribution in [1.29, 1.82) is 0 Å². The van der Waals surface area contributed by atoms with Crippen molar-refractivity contribution >= 4 is 35.3 Å². The molecule has 0 aliphatic carbocycles. The highest BCUT2D eigenvalue weighted by atomic mass is 32.2. The summed E-state index contributed by atoms with van der Waals surface area (Å²) in [6.45, 7) is 0. The molecule has 1 atom stereocenters. The number of β-lactam (4-membered cyclic amide) rings is 1. The summed E-state index contributed by atoms with van der Waals surface area (Å²) in [7, 11) is 0. The third-order valence-electron chi connectivity index (χ3n) is 1.85. The Bertz CT molecular complexity index is 249. The zero-order valence-electron chi connectivity index (χ0n) is 5.82. The smallest absolute Gasteiger partial charge is 0.230 e. The highest BCUT2D eigenvalue weighted by Gasteiger charge is 2.37. The molecule has 0 spiro atoms. The van der Waals surface area contributed by atoms with E-state index in [-0.39, 0.29) is 5.91 Å². The molecule has 2 rings (SSSR count). The van der Waals surface area contributed by atoms with Crippen LogP contribution in [-0.4, -0.2) is 27.3 Å². The number of carbonyl (C=O) groups is 1. The molecular formula is C7H7NOS2. The Morgan fingerprint density at radius 3 is 3.27 bits per heavy atom. The second-order valence-electron chi connectivity index (χ2n) is 2.59. The van der Waals surface area contributed by atoms with E-state index < -0.39 is 0 Å². The SMILES string of the molecule is O=C1C[C@@H]2SCC(C=S)=CN12. The van der Waals surface area contributed by atoms with E-state index in [9.17, 15) is 4.79 Å². The summed E-state index contributed by atoms with van der Waals surface area (Å²) in [6, 6.07) is 0. The van der Waals surface area contributed by atoms with Crippen molar-refractivity contribution in [1.82, 2.24) is 4.90 Å². The van der Waals surface area contributed by atoms with E-state index in [1.807, 2.05) is 6.20 Å². The first-order valence-electron chi connectivity index (χ1n) is 3.40. The fourth-order valence-corrected chi connectivity index (χ4v) is 2.56. The summed E-state index contributed by atoms with van der Waals surface area (Å²) in [6.07, 6.45) is 2.58. The summed E-state index contributed by atoms with van der Waals surface area (Å²) >= 11 is 6.57. The third kappa shape index (κ3) is 1.10. The summed E-state index contributed by atoms with van der Waals surface area (Å²) in [5.41, 5.74) is 1.08. The van der Waals surface area contributed by atoms with Crippen LogP contribution < -0.4 is 0 Å². The Balaban J connectivity index is 2.18. The van der Waals surface area contributed by atoms with Gasteiger partial charge in [-0.15, -0.1) is 11.8 Å². The predicted molar refractivity (Wildman–Crippen MR) is 49.4 cm³/mol. The van der Waals surface area contributed by atoms with Gasteiger partial charge in [-0.3, -0.25) is 4.79 Å². The van der Waals surface area contributed by atoms with Gasteiger partial charge in [0.2, 0.25) is 5.91 Å². The minimum absolute atomic E-state index is 0.219. The number of carbonyl (C=O) groups excluding carboxylic acids is 1. The monoisotopic (exact) mass is 185 g/mol. The van der Waals surface area contributed by atoms with Gasteiger partial charge in [-0.25, -0.2) is 0 Å². The first-order valence-corrected chi connectivity index (χ1v) is 4.92.